The number of hydrogen-bond donors (Lipinski definition) is 0. The maximum atomic E-state index is 6.05. The van der Waals surface area contributed by atoms with Crippen LogP contribution in [0.3, 0.4) is 0 Å². The second-order valence-electron chi connectivity index (χ2n) is 3.42. The van der Waals surface area contributed by atoms with Gasteiger partial charge in [0, 0.05) is 5.38 Å². The van der Waals surface area contributed by atoms with Gasteiger partial charge in [0.05, 0.1) is 0 Å². The molecule has 0 radical (unpaired) electrons. The lowest BCUT2D eigenvalue weighted by atomic mass is 9.86. The molecule has 2 atom stereocenters. The molecule has 0 N–H and O–H groups in total. The summed E-state index contributed by atoms with van der Waals surface area (Å²) in [5.41, 5.74) is 0. The van der Waals surface area contributed by atoms with Crippen LogP contribution in [-0.2, 0) is 0 Å². The molecule has 1 aliphatic carbocycles. The molecule has 0 saturated heterocycles. The molecule has 1 saturated carbocycles. The normalized spacial score (nSPS) is 34.2. The van der Waals surface area contributed by atoms with E-state index in [2.05, 4.69) is 6.92 Å². The number of hydrogen-bond acceptors (Lipinski definition) is 0. The van der Waals surface area contributed by atoms with Crippen molar-refractivity contribution in [2.75, 3.05) is 0 Å². The van der Waals surface area contributed by atoms with E-state index >= 15 is 0 Å². The zero-order valence-electron chi connectivity index (χ0n) is 6.78. The van der Waals surface area contributed by atoms with Crippen LogP contribution in [0.4, 0.5) is 0 Å². The monoisotopic (exact) mass is 160 g/mol. The minimum absolute atomic E-state index is 0.491. The molecule has 0 spiro atoms. The summed E-state index contributed by atoms with van der Waals surface area (Å²) in [4.78, 5) is 0. The van der Waals surface area contributed by atoms with E-state index in [0.29, 0.717) is 5.38 Å². The Balaban J connectivity index is 2.18. The first-order valence-corrected chi connectivity index (χ1v) is 4.90. The first-order chi connectivity index (χ1) is 4.83. The van der Waals surface area contributed by atoms with Crippen LogP contribution in [0.2, 0.25) is 0 Å². The summed E-state index contributed by atoms with van der Waals surface area (Å²) in [5, 5.41) is 0.491. The summed E-state index contributed by atoms with van der Waals surface area (Å²) in [5.74, 6) is 0.946. The number of halogens is 1. The van der Waals surface area contributed by atoms with Crippen LogP contribution in [0.25, 0.3) is 0 Å². The molecule has 1 heteroatoms. The Morgan fingerprint density at radius 3 is 2.80 bits per heavy atom. The van der Waals surface area contributed by atoms with Gasteiger partial charge in [0.15, 0.2) is 0 Å². The fourth-order valence-electron chi connectivity index (χ4n) is 1.90. The smallest absolute Gasteiger partial charge is 0.0338 e. The van der Waals surface area contributed by atoms with Crippen molar-refractivity contribution in [1.82, 2.24) is 0 Å². The van der Waals surface area contributed by atoms with Gasteiger partial charge in [0.2, 0.25) is 0 Å². The molecule has 10 heavy (non-hydrogen) atoms. The van der Waals surface area contributed by atoms with E-state index in [1.54, 1.807) is 0 Å². The van der Waals surface area contributed by atoms with E-state index in [1.807, 2.05) is 0 Å². The third-order valence-electron chi connectivity index (χ3n) is 2.42. The van der Waals surface area contributed by atoms with Crippen LogP contribution in [0.1, 0.15) is 45.4 Å². The molecular weight excluding hydrogens is 144 g/mol. The lowest BCUT2D eigenvalue weighted by molar-refractivity contribution is 0.341. The Hall–Kier alpha value is 0.290. The lowest BCUT2D eigenvalue weighted by Crippen LogP contribution is -2.14. The van der Waals surface area contributed by atoms with Crippen LogP contribution in [0.5, 0.6) is 0 Å². The largest absolute Gasteiger partial charge is 0.123 e. The molecule has 0 nitrogen and oxygen atoms in total. The van der Waals surface area contributed by atoms with Gasteiger partial charge in [-0.2, -0.15) is 0 Å². The highest BCUT2D eigenvalue weighted by atomic mass is 35.5. The van der Waals surface area contributed by atoms with Gasteiger partial charge in [0.1, 0.15) is 0 Å². The SMILES string of the molecule is CCCC1CCC[C@H](Cl)C1. The fourth-order valence-corrected chi connectivity index (χ4v) is 2.30. The van der Waals surface area contributed by atoms with Gasteiger partial charge >= 0.3 is 0 Å². The Bertz CT molecular complexity index is 88.7. The van der Waals surface area contributed by atoms with Crippen LogP contribution in [0.15, 0.2) is 0 Å². The van der Waals surface area contributed by atoms with E-state index < -0.39 is 0 Å². The first-order valence-electron chi connectivity index (χ1n) is 4.47. The van der Waals surface area contributed by atoms with Crippen molar-refractivity contribution in [2.24, 2.45) is 5.92 Å². The highest BCUT2D eigenvalue weighted by Crippen LogP contribution is 2.30. The summed E-state index contributed by atoms with van der Waals surface area (Å²) < 4.78 is 0. The molecule has 0 aromatic rings. The van der Waals surface area contributed by atoms with Crippen LogP contribution in [-0.4, -0.2) is 5.38 Å². The Morgan fingerprint density at radius 1 is 1.40 bits per heavy atom. The maximum absolute atomic E-state index is 6.05. The van der Waals surface area contributed by atoms with E-state index in [9.17, 15) is 0 Å². The summed E-state index contributed by atoms with van der Waals surface area (Å²) in [7, 11) is 0. The van der Waals surface area contributed by atoms with E-state index in [0.717, 1.165) is 5.92 Å². The van der Waals surface area contributed by atoms with Crippen molar-refractivity contribution in [3.8, 4) is 0 Å². The quantitative estimate of drug-likeness (QED) is 0.542. The molecule has 1 fully saturated rings. The Labute approximate surface area is 69.0 Å². The molecule has 0 aliphatic heterocycles. The summed E-state index contributed by atoms with van der Waals surface area (Å²) in [6.07, 6.45) is 8.03. The van der Waals surface area contributed by atoms with Gasteiger partial charge in [0.25, 0.3) is 0 Å². The van der Waals surface area contributed by atoms with Crippen molar-refractivity contribution in [3.05, 3.63) is 0 Å². The maximum Gasteiger partial charge on any atom is 0.0338 e. The predicted octanol–water partition coefficient (Wildman–Crippen LogP) is 3.58. The van der Waals surface area contributed by atoms with E-state index in [4.69, 9.17) is 11.6 Å². The minimum atomic E-state index is 0.491. The number of rotatable bonds is 2. The Morgan fingerprint density at radius 2 is 2.20 bits per heavy atom. The topological polar surface area (TPSA) is 0 Å². The van der Waals surface area contributed by atoms with Gasteiger partial charge in [-0.25, -0.2) is 0 Å². The second-order valence-corrected chi connectivity index (χ2v) is 4.04. The molecule has 0 aromatic carbocycles. The Kier molecular flexibility index (Phi) is 3.55. The third kappa shape index (κ3) is 2.49. The molecule has 0 heterocycles. The number of alkyl halides is 1. The summed E-state index contributed by atoms with van der Waals surface area (Å²) in [6.45, 7) is 2.26. The second kappa shape index (κ2) is 4.23. The van der Waals surface area contributed by atoms with E-state index in [1.165, 1.54) is 38.5 Å². The average molecular weight is 161 g/mol. The zero-order valence-corrected chi connectivity index (χ0v) is 7.53. The molecule has 0 amide bonds. The molecule has 1 rings (SSSR count). The van der Waals surface area contributed by atoms with Gasteiger partial charge in [-0.1, -0.05) is 32.6 Å². The standard InChI is InChI=1S/C9H17Cl/c1-2-4-8-5-3-6-9(10)7-8/h8-9H,2-7H2,1H3/t8?,9-/m0/s1. The fraction of sp³-hybridized carbons (Fsp3) is 1.00. The van der Waals surface area contributed by atoms with Crippen molar-refractivity contribution in [1.29, 1.82) is 0 Å². The van der Waals surface area contributed by atoms with Crippen molar-refractivity contribution in [3.63, 3.8) is 0 Å². The van der Waals surface area contributed by atoms with Crippen molar-refractivity contribution < 1.29 is 0 Å². The zero-order chi connectivity index (χ0) is 7.40. The summed E-state index contributed by atoms with van der Waals surface area (Å²) >= 11 is 6.05. The van der Waals surface area contributed by atoms with E-state index in [-0.39, 0.29) is 0 Å². The van der Waals surface area contributed by atoms with Crippen LogP contribution >= 0.6 is 11.6 Å². The average Bonchev–Trinajstić information content (AvgIpc) is 1.88. The predicted molar refractivity (Wildman–Crippen MR) is 46.5 cm³/mol. The molecule has 0 aromatic heterocycles. The molecular formula is C9H17Cl. The highest BCUT2D eigenvalue weighted by Gasteiger charge is 2.18. The molecule has 1 aliphatic rings. The molecule has 60 valence electrons. The van der Waals surface area contributed by atoms with Gasteiger partial charge in [-0.15, -0.1) is 11.6 Å². The summed E-state index contributed by atoms with van der Waals surface area (Å²) in [6, 6.07) is 0. The van der Waals surface area contributed by atoms with Gasteiger partial charge in [-0.3, -0.25) is 0 Å². The lowest BCUT2D eigenvalue weighted by Gasteiger charge is -2.24. The molecule has 1 unspecified atom stereocenters. The first kappa shape index (κ1) is 8.39. The third-order valence-corrected chi connectivity index (χ3v) is 2.81. The van der Waals surface area contributed by atoms with Crippen molar-refractivity contribution in [2.45, 2.75) is 50.8 Å². The van der Waals surface area contributed by atoms with Crippen LogP contribution < -0.4 is 0 Å². The van der Waals surface area contributed by atoms with Gasteiger partial charge < -0.3 is 0 Å². The van der Waals surface area contributed by atoms with Crippen LogP contribution in [0, 0.1) is 5.92 Å². The minimum Gasteiger partial charge on any atom is -0.123 e. The molecule has 0 bridgehead atoms. The highest BCUT2D eigenvalue weighted by molar-refractivity contribution is 6.20. The van der Waals surface area contributed by atoms with Gasteiger partial charge in [-0.05, 0) is 18.8 Å². The van der Waals surface area contributed by atoms with Crippen molar-refractivity contribution >= 4 is 11.6 Å².